The molecule has 1 heterocycles. The fourth-order valence-electron chi connectivity index (χ4n) is 3.32. The number of hydrogen-bond donors (Lipinski definition) is 0. The average molecular weight is 268 g/mol. The van der Waals surface area contributed by atoms with Gasteiger partial charge in [-0.3, -0.25) is 4.98 Å². The van der Waals surface area contributed by atoms with Crippen LogP contribution in [0.2, 0.25) is 0 Å². The predicted molar refractivity (Wildman–Crippen MR) is 86.6 cm³/mol. The third-order valence-electron chi connectivity index (χ3n) is 4.37. The first-order valence-corrected chi connectivity index (χ1v) is 8.00. The van der Waals surface area contributed by atoms with Crippen molar-refractivity contribution in [2.45, 2.75) is 46.0 Å². The Morgan fingerprint density at radius 1 is 1.15 bits per heavy atom. The van der Waals surface area contributed by atoms with Crippen LogP contribution >= 0.6 is 0 Å². The number of benzene rings is 1. The molecule has 0 unspecified atom stereocenters. The Bertz CT molecular complexity index is 604. The van der Waals surface area contributed by atoms with Crippen LogP contribution in [-0.4, -0.2) is 18.1 Å². The van der Waals surface area contributed by atoms with Gasteiger partial charge in [-0.15, -0.1) is 0 Å². The molecule has 3 rings (SSSR count). The van der Waals surface area contributed by atoms with E-state index in [1.165, 1.54) is 48.0 Å². The smallest absolute Gasteiger partial charge is 0.0726 e. The maximum Gasteiger partial charge on any atom is 0.0726 e. The van der Waals surface area contributed by atoms with Crippen molar-refractivity contribution < 1.29 is 0 Å². The molecule has 0 fully saturated rings. The fraction of sp³-hybridized carbons (Fsp3) is 0.500. The molecule has 0 saturated carbocycles. The molecule has 1 aliphatic carbocycles. The highest BCUT2D eigenvalue weighted by molar-refractivity contribution is 5.94. The van der Waals surface area contributed by atoms with Gasteiger partial charge in [0, 0.05) is 24.2 Å². The number of para-hydroxylation sites is 1. The summed E-state index contributed by atoms with van der Waals surface area (Å²) in [5.74, 6) is 0. The molecule has 1 aromatic carbocycles. The molecule has 1 aliphatic rings. The van der Waals surface area contributed by atoms with E-state index in [1.54, 1.807) is 0 Å². The van der Waals surface area contributed by atoms with Crippen LogP contribution in [0.25, 0.3) is 10.9 Å². The second-order valence-electron chi connectivity index (χ2n) is 5.69. The molecule has 0 amide bonds. The number of pyridine rings is 1. The molecular weight excluding hydrogens is 244 g/mol. The summed E-state index contributed by atoms with van der Waals surface area (Å²) in [6, 6.07) is 8.64. The van der Waals surface area contributed by atoms with Crippen molar-refractivity contribution in [1.82, 2.24) is 4.98 Å². The van der Waals surface area contributed by atoms with Crippen LogP contribution in [0.15, 0.2) is 24.3 Å². The highest BCUT2D eigenvalue weighted by atomic mass is 15.1. The van der Waals surface area contributed by atoms with E-state index in [-0.39, 0.29) is 0 Å². The minimum absolute atomic E-state index is 1.08. The van der Waals surface area contributed by atoms with Crippen molar-refractivity contribution >= 4 is 16.6 Å². The van der Waals surface area contributed by atoms with Crippen LogP contribution in [-0.2, 0) is 12.8 Å². The van der Waals surface area contributed by atoms with Gasteiger partial charge in [0.15, 0.2) is 0 Å². The van der Waals surface area contributed by atoms with Gasteiger partial charge in [0.25, 0.3) is 0 Å². The minimum Gasteiger partial charge on any atom is -0.371 e. The zero-order chi connectivity index (χ0) is 13.9. The van der Waals surface area contributed by atoms with Crippen molar-refractivity contribution in [2.24, 2.45) is 0 Å². The van der Waals surface area contributed by atoms with Gasteiger partial charge in [0.1, 0.15) is 0 Å². The highest BCUT2D eigenvalue weighted by Crippen LogP contribution is 2.36. The van der Waals surface area contributed by atoms with Crippen molar-refractivity contribution in [3.05, 3.63) is 35.5 Å². The summed E-state index contributed by atoms with van der Waals surface area (Å²) >= 11 is 0. The maximum atomic E-state index is 4.89. The first kappa shape index (κ1) is 13.4. The van der Waals surface area contributed by atoms with E-state index in [0.29, 0.717) is 0 Å². The van der Waals surface area contributed by atoms with Gasteiger partial charge >= 0.3 is 0 Å². The van der Waals surface area contributed by atoms with E-state index in [2.05, 4.69) is 43.0 Å². The zero-order valence-electron chi connectivity index (χ0n) is 12.7. The van der Waals surface area contributed by atoms with Crippen LogP contribution in [0, 0.1) is 0 Å². The molecule has 20 heavy (non-hydrogen) atoms. The number of nitrogens with zero attached hydrogens (tertiary/aromatic N) is 2. The molecule has 106 valence electrons. The molecule has 2 nitrogen and oxygen atoms in total. The van der Waals surface area contributed by atoms with Gasteiger partial charge in [-0.1, -0.05) is 31.5 Å². The second kappa shape index (κ2) is 5.82. The lowest BCUT2D eigenvalue weighted by molar-refractivity contribution is 0.731. The summed E-state index contributed by atoms with van der Waals surface area (Å²) in [7, 11) is 0. The van der Waals surface area contributed by atoms with Crippen molar-refractivity contribution in [2.75, 3.05) is 18.0 Å². The van der Waals surface area contributed by atoms with Crippen molar-refractivity contribution in [1.29, 1.82) is 0 Å². The van der Waals surface area contributed by atoms with Crippen LogP contribution in [0.4, 0.5) is 5.69 Å². The van der Waals surface area contributed by atoms with E-state index in [4.69, 9.17) is 4.98 Å². The summed E-state index contributed by atoms with van der Waals surface area (Å²) < 4.78 is 0. The van der Waals surface area contributed by atoms with Crippen LogP contribution < -0.4 is 4.90 Å². The molecule has 1 aromatic heterocycles. The van der Waals surface area contributed by atoms with E-state index >= 15 is 0 Å². The normalized spacial score (nSPS) is 13.7. The number of rotatable bonds is 5. The lowest BCUT2D eigenvalue weighted by Crippen LogP contribution is -2.25. The third kappa shape index (κ3) is 2.28. The number of aryl methyl sites for hydroxylation is 1. The Hall–Kier alpha value is -1.57. The SMILES string of the molecule is CCCCN(CC)c1c2c(nc3ccccc13)CCC2. The van der Waals surface area contributed by atoms with Crippen molar-refractivity contribution in [3.63, 3.8) is 0 Å². The number of unbranched alkanes of at least 4 members (excludes halogenated alkanes) is 1. The molecule has 0 radical (unpaired) electrons. The molecule has 2 heteroatoms. The van der Waals surface area contributed by atoms with E-state index in [0.717, 1.165) is 25.0 Å². The standard InChI is InChI=1S/C18H24N2/c1-3-5-13-20(4-2)18-14-9-6-7-11-16(14)19-17-12-8-10-15(17)18/h6-7,9,11H,3-5,8,10,12-13H2,1-2H3. The number of anilines is 1. The van der Waals surface area contributed by atoms with Gasteiger partial charge in [0.05, 0.1) is 11.2 Å². The van der Waals surface area contributed by atoms with Gasteiger partial charge in [0.2, 0.25) is 0 Å². The first-order valence-electron chi connectivity index (χ1n) is 8.00. The molecule has 0 saturated heterocycles. The van der Waals surface area contributed by atoms with E-state index < -0.39 is 0 Å². The summed E-state index contributed by atoms with van der Waals surface area (Å²) in [4.78, 5) is 7.45. The largest absolute Gasteiger partial charge is 0.371 e. The van der Waals surface area contributed by atoms with Crippen LogP contribution in [0.1, 0.15) is 44.4 Å². The molecule has 0 aliphatic heterocycles. The number of fused-ring (bicyclic) bond motifs is 2. The van der Waals surface area contributed by atoms with Crippen molar-refractivity contribution in [3.8, 4) is 0 Å². The Morgan fingerprint density at radius 3 is 2.80 bits per heavy atom. The van der Waals surface area contributed by atoms with Gasteiger partial charge in [-0.05, 0) is 44.2 Å². The monoisotopic (exact) mass is 268 g/mol. The zero-order valence-corrected chi connectivity index (χ0v) is 12.7. The van der Waals surface area contributed by atoms with Gasteiger partial charge < -0.3 is 4.90 Å². The van der Waals surface area contributed by atoms with Crippen LogP contribution in [0.3, 0.4) is 0 Å². The van der Waals surface area contributed by atoms with E-state index in [1.807, 2.05) is 0 Å². The number of aromatic nitrogens is 1. The summed E-state index contributed by atoms with van der Waals surface area (Å²) in [5, 5.41) is 1.34. The van der Waals surface area contributed by atoms with Gasteiger partial charge in [-0.2, -0.15) is 0 Å². The molecular formula is C18H24N2. The fourth-order valence-corrected chi connectivity index (χ4v) is 3.32. The minimum atomic E-state index is 1.08. The lowest BCUT2D eigenvalue weighted by atomic mass is 10.1. The Labute approximate surface area is 121 Å². The number of hydrogen-bond acceptors (Lipinski definition) is 2. The summed E-state index contributed by atoms with van der Waals surface area (Å²) in [6.07, 6.45) is 6.13. The summed E-state index contributed by atoms with van der Waals surface area (Å²) in [6.45, 7) is 6.78. The molecule has 2 aromatic rings. The maximum absolute atomic E-state index is 4.89. The predicted octanol–water partition coefficient (Wildman–Crippen LogP) is 4.35. The first-order chi connectivity index (χ1) is 9.85. The molecule has 0 spiro atoms. The Kier molecular flexibility index (Phi) is 3.90. The Balaban J connectivity index is 2.16. The lowest BCUT2D eigenvalue weighted by Gasteiger charge is -2.27. The average Bonchev–Trinajstić information content (AvgIpc) is 2.94. The van der Waals surface area contributed by atoms with E-state index in [9.17, 15) is 0 Å². The quantitative estimate of drug-likeness (QED) is 0.801. The summed E-state index contributed by atoms with van der Waals surface area (Å²) in [5.41, 5.74) is 5.49. The molecule has 0 N–H and O–H groups in total. The van der Waals surface area contributed by atoms with Crippen LogP contribution in [0.5, 0.6) is 0 Å². The second-order valence-corrected chi connectivity index (χ2v) is 5.69. The molecule has 0 bridgehead atoms. The topological polar surface area (TPSA) is 16.1 Å². The third-order valence-corrected chi connectivity index (χ3v) is 4.37. The Morgan fingerprint density at radius 2 is 2.00 bits per heavy atom. The highest BCUT2D eigenvalue weighted by Gasteiger charge is 2.22. The molecule has 0 atom stereocenters. The van der Waals surface area contributed by atoms with Gasteiger partial charge in [-0.25, -0.2) is 0 Å².